The maximum atomic E-state index is 12.3. The van der Waals surface area contributed by atoms with Gasteiger partial charge >= 0.3 is 6.03 Å². The highest BCUT2D eigenvalue weighted by molar-refractivity contribution is 5.91. The van der Waals surface area contributed by atoms with Crippen molar-refractivity contribution < 1.29 is 14.3 Å². The predicted molar refractivity (Wildman–Crippen MR) is 87.0 cm³/mol. The number of nitrogens with one attached hydrogen (secondary N) is 2. The zero-order chi connectivity index (χ0) is 16.4. The van der Waals surface area contributed by atoms with Crippen molar-refractivity contribution in [1.82, 2.24) is 10.3 Å². The molecule has 0 bridgehead atoms. The minimum absolute atomic E-state index is 0.0690. The van der Waals surface area contributed by atoms with Crippen LogP contribution in [0.5, 0.6) is 0 Å². The van der Waals surface area contributed by atoms with Crippen molar-refractivity contribution in [3.63, 3.8) is 0 Å². The summed E-state index contributed by atoms with van der Waals surface area (Å²) in [5.41, 5.74) is 1.85. The fourth-order valence-corrected chi connectivity index (χ4v) is 2.66. The number of oxazole rings is 1. The molecule has 23 heavy (non-hydrogen) atoms. The van der Waals surface area contributed by atoms with Crippen LogP contribution in [0.1, 0.15) is 25.3 Å². The summed E-state index contributed by atoms with van der Waals surface area (Å²) in [5, 5.41) is 15.3. The Morgan fingerprint density at radius 2 is 2.26 bits per heavy atom. The molecule has 1 aromatic carbocycles. The Bertz CT molecular complexity index is 695. The second kappa shape index (κ2) is 6.04. The number of carbonyl (C=O) groups excluding carboxylic acids is 1. The van der Waals surface area contributed by atoms with Crippen molar-refractivity contribution in [1.29, 1.82) is 0 Å². The van der Waals surface area contributed by atoms with Crippen LogP contribution in [-0.2, 0) is 0 Å². The number of hydrogen-bond acceptors (Lipinski definition) is 4. The lowest BCUT2D eigenvalue weighted by molar-refractivity contribution is 0.159. The quantitative estimate of drug-likeness (QED) is 0.791. The van der Waals surface area contributed by atoms with Gasteiger partial charge in [-0.05, 0) is 50.3 Å². The first-order chi connectivity index (χ1) is 11.0. The van der Waals surface area contributed by atoms with E-state index in [0.717, 1.165) is 24.0 Å². The molecular weight excluding hydrogens is 294 g/mol. The second-order valence-corrected chi connectivity index (χ2v) is 6.30. The van der Waals surface area contributed by atoms with Crippen molar-refractivity contribution in [3.8, 4) is 11.5 Å². The average Bonchev–Trinajstić information content (AvgIpc) is 3.26. The molecule has 0 radical (unpaired) electrons. The molecule has 1 aromatic heterocycles. The summed E-state index contributed by atoms with van der Waals surface area (Å²) < 4.78 is 5.28. The van der Waals surface area contributed by atoms with Gasteiger partial charge in [-0.3, -0.25) is 0 Å². The Labute approximate surface area is 134 Å². The SMILES string of the molecule is Cc1ccc(-c2ncco2)cc1NC(=O)NC(C)(CO)C1CC1. The maximum absolute atomic E-state index is 12.3. The zero-order valence-corrected chi connectivity index (χ0v) is 13.3. The van der Waals surface area contributed by atoms with Crippen molar-refractivity contribution in [2.75, 3.05) is 11.9 Å². The van der Waals surface area contributed by atoms with Gasteiger partial charge in [-0.25, -0.2) is 9.78 Å². The number of rotatable bonds is 5. The number of nitrogens with zero attached hydrogens (tertiary/aromatic N) is 1. The molecule has 0 spiro atoms. The number of carbonyl (C=O) groups is 1. The Kier molecular flexibility index (Phi) is 4.09. The third-order valence-corrected chi connectivity index (χ3v) is 4.37. The molecule has 3 rings (SSSR count). The van der Waals surface area contributed by atoms with Gasteiger partial charge in [0.25, 0.3) is 0 Å². The molecule has 2 amide bonds. The van der Waals surface area contributed by atoms with Crippen LogP contribution in [0.2, 0.25) is 0 Å². The predicted octanol–water partition coefficient (Wildman–Crippen LogP) is 2.93. The van der Waals surface area contributed by atoms with Crippen molar-refractivity contribution in [2.24, 2.45) is 5.92 Å². The van der Waals surface area contributed by atoms with Gasteiger partial charge in [0.1, 0.15) is 6.26 Å². The van der Waals surface area contributed by atoms with E-state index in [1.165, 1.54) is 6.26 Å². The van der Waals surface area contributed by atoms with E-state index in [1.54, 1.807) is 6.20 Å². The highest BCUT2D eigenvalue weighted by atomic mass is 16.3. The molecular formula is C17H21N3O3. The lowest BCUT2D eigenvalue weighted by atomic mass is 9.97. The van der Waals surface area contributed by atoms with Crippen LogP contribution in [0.3, 0.4) is 0 Å². The average molecular weight is 315 g/mol. The van der Waals surface area contributed by atoms with Crippen molar-refractivity contribution >= 4 is 11.7 Å². The number of aliphatic hydroxyl groups is 1. The van der Waals surface area contributed by atoms with E-state index >= 15 is 0 Å². The Morgan fingerprint density at radius 3 is 2.87 bits per heavy atom. The number of aromatic nitrogens is 1. The third-order valence-electron chi connectivity index (χ3n) is 4.37. The minimum atomic E-state index is -0.571. The van der Waals surface area contributed by atoms with Crippen LogP contribution in [-0.4, -0.2) is 28.3 Å². The van der Waals surface area contributed by atoms with Gasteiger partial charge in [0.05, 0.1) is 18.3 Å². The number of aliphatic hydroxyl groups excluding tert-OH is 1. The highest BCUT2D eigenvalue weighted by Crippen LogP contribution is 2.39. The lowest BCUT2D eigenvalue weighted by Crippen LogP contribution is -2.52. The highest BCUT2D eigenvalue weighted by Gasteiger charge is 2.42. The van der Waals surface area contributed by atoms with E-state index in [-0.39, 0.29) is 12.6 Å². The molecule has 1 aliphatic carbocycles. The number of amides is 2. The van der Waals surface area contributed by atoms with Crippen LogP contribution in [0.15, 0.2) is 35.1 Å². The van der Waals surface area contributed by atoms with Gasteiger partial charge in [-0.1, -0.05) is 6.07 Å². The van der Waals surface area contributed by atoms with Gasteiger partial charge in [0, 0.05) is 11.3 Å². The standard InChI is InChI=1S/C17H21N3O3/c1-11-3-4-12(15-18-7-8-23-15)9-14(11)19-16(22)20-17(2,10-21)13-5-6-13/h3-4,7-9,13,21H,5-6,10H2,1-2H3,(H2,19,20,22). The molecule has 6 nitrogen and oxygen atoms in total. The van der Waals surface area contributed by atoms with Crippen LogP contribution in [0.4, 0.5) is 10.5 Å². The first-order valence-corrected chi connectivity index (χ1v) is 7.72. The number of benzene rings is 1. The summed E-state index contributed by atoms with van der Waals surface area (Å²) in [5.74, 6) is 0.852. The molecule has 6 heteroatoms. The molecule has 1 saturated carbocycles. The Balaban J connectivity index is 1.74. The number of anilines is 1. The van der Waals surface area contributed by atoms with E-state index in [2.05, 4.69) is 15.6 Å². The molecule has 0 aliphatic heterocycles. The first kappa shape index (κ1) is 15.6. The third kappa shape index (κ3) is 3.37. The molecule has 1 aliphatic rings. The van der Waals surface area contributed by atoms with Crippen LogP contribution >= 0.6 is 0 Å². The topological polar surface area (TPSA) is 87.4 Å². The zero-order valence-electron chi connectivity index (χ0n) is 13.3. The van der Waals surface area contributed by atoms with Gasteiger partial charge < -0.3 is 20.2 Å². The lowest BCUT2D eigenvalue weighted by Gasteiger charge is -2.29. The molecule has 2 aromatic rings. The fraction of sp³-hybridized carbons (Fsp3) is 0.412. The molecule has 1 fully saturated rings. The maximum Gasteiger partial charge on any atom is 0.319 e. The molecule has 1 atom stereocenters. The smallest absolute Gasteiger partial charge is 0.319 e. The summed E-state index contributed by atoms with van der Waals surface area (Å²) in [6.07, 6.45) is 5.17. The van der Waals surface area contributed by atoms with Crippen molar-refractivity contribution in [3.05, 3.63) is 36.2 Å². The van der Waals surface area contributed by atoms with Gasteiger partial charge in [0.15, 0.2) is 0 Å². The molecule has 122 valence electrons. The number of urea groups is 1. The summed E-state index contributed by atoms with van der Waals surface area (Å²) >= 11 is 0. The Morgan fingerprint density at radius 1 is 1.48 bits per heavy atom. The van der Waals surface area contributed by atoms with Gasteiger partial charge in [0.2, 0.25) is 5.89 Å². The van der Waals surface area contributed by atoms with Gasteiger partial charge in [-0.2, -0.15) is 0 Å². The van der Waals surface area contributed by atoms with Crippen LogP contribution in [0.25, 0.3) is 11.5 Å². The monoisotopic (exact) mass is 315 g/mol. The molecule has 0 saturated heterocycles. The molecule has 1 unspecified atom stereocenters. The summed E-state index contributed by atoms with van der Waals surface area (Å²) in [4.78, 5) is 16.4. The van der Waals surface area contributed by atoms with Crippen LogP contribution < -0.4 is 10.6 Å². The van der Waals surface area contributed by atoms with E-state index in [4.69, 9.17) is 4.42 Å². The summed E-state index contributed by atoms with van der Waals surface area (Å²) in [6.45, 7) is 3.72. The summed E-state index contributed by atoms with van der Waals surface area (Å²) in [6, 6.07) is 5.31. The number of hydrogen-bond donors (Lipinski definition) is 3. The largest absolute Gasteiger partial charge is 0.445 e. The number of aryl methyl sites for hydroxylation is 1. The molecule has 3 N–H and O–H groups in total. The molecule has 1 heterocycles. The normalized spacial score (nSPS) is 16.7. The Hall–Kier alpha value is -2.34. The van der Waals surface area contributed by atoms with E-state index in [1.807, 2.05) is 32.0 Å². The van der Waals surface area contributed by atoms with Crippen LogP contribution in [0, 0.1) is 12.8 Å². The summed E-state index contributed by atoms with van der Waals surface area (Å²) in [7, 11) is 0. The minimum Gasteiger partial charge on any atom is -0.445 e. The van der Waals surface area contributed by atoms with Gasteiger partial charge in [-0.15, -0.1) is 0 Å². The fourth-order valence-electron chi connectivity index (χ4n) is 2.66. The van der Waals surface area contributed by atoms with E-state index in [9.17, 15) is 9.90 Å². The van der Waals surface area contributed by atoms with Crippen molar-refractivity contribution in [2.45, 2.75) is 32.2 Å². The second-order valence-electron chi connectivity index (χ2n) is 6.30. The first-order valence-electron chi connectivity index (χ1n) is 7.72. The van der Waals surface area contributed by atoms with E-state index in [0.29, 0.717) is 17.5 Å². The van der Waals surface area contributed by atoms with E-state index < -0.39 is 5.54 Å².